The van der Waals surface area contributed by atoms with E-state index in [0.29, 0.717) is 10.9 Å². The molecular formula is C21H23N3O2S2. The summed E-state index contributed by atoms with van der Waals surface area (Å²) in [4.78, 5) is 16.6. The SMILES string of the molecule is COc1ccccc1-c1cc(C(=O)N2CCSC(c3cccs3)CC2)n(C)n1. The molecule has 2 aromatic heterocycles. The molecule has 0 spiro atoms. The van der Waals surface area contributed by atoms with Gasteiger partial charge in [0.05, 0.1) is 12.8 Å². The molecule has 0 aliphatic carbocycles. The van der Waals surface area contributed by atoms with Crippen molar-refractivity contribution in [1.82, 2.24) is 14.7 Å². The molecule has 1 aliphatic rings. The number of hydrogen-bond acceptors (Lipinski definition) is 5. The Morgan fingerprint density at radius 2 is 2.07 bits per heavy atom. The van der Waals surface area contributed by atoms with Crippen LogP contribution in [-0.4, -0.2) is 46.5 Å². The minimum absolute atomic E-state index is 0.0450. The van der Waals surface area contributed by atoms with Crippen molar-refractivity contribution >= 4 is 29.0 Å². The van der Waals surface area contributed by atoms with E-state index in [-0.39, 0.29) is 5.91 Å². The van der Waals surface area contributed by atoms with E-state index in [9.17, 15) is 4.79 Å². The Morgan fingerprint density at radius 1 is 1.21 bits per heavy atom. The fraction of sp³-hybridized carbons (Fsp3) is 0.333. The van der Waals surface area contributed by atoms with Crippen LogP contribution in [0.4, 0.5) is 0 Å². The van der Waals surface area contributed by atoms with Crippen molar-refractivity contribution < 1.29 is 9.53 Å². The van der Waals surface area contributed by atoms with E-state index in [1.165, 1.54) is 4.88 Å². The summed E-state index contributed by atoms with van der Waals surface area (Å²) < 4.78 is 7.12. The molecule has 0 radical (unpaired) electrons. The molecule has 1 atom stereocenters. The first-order valence-electron chi connectivity index (χ1n) is 9.29. The van der Waals surface area contributed by atoms with E-state index in [4.69, 9.17) is 4.74 Å². The van der Waals surface area contributed by atoms with Gasteiger partial charge in [-0.05, 0) is 36.1 Å². The second-order valence-electron chi connectivity index (χ2n) is 6.69. The van der Waals surface area contributed by atoms with E-state index in [0.717, 1.165) is 42.3 Å². The number of para-hydroxylation sites is 1. The number of amides is 1. The summed E-state index contributed by atoms with van der Waals surface area (Å²) in [5.41, 5.74) is 2.26. The van der Waals surface area contributed by atoms with Gasteiger partial charge in [0.1, 0.15) is 11.4 Å². The topological polar surface area (TPSA) is 47.4 Å². The Balaban J connectivity index is 1.53. The number of carbonyl (C=O) groups is 1. The lowest BCUT2D eigenvalue weighted by atomic mass is 10.1. The van der Waals surface area contributed by atoms with Gasteiger partial charge in [-0.25, -0.2) is 0 Å². The monoisotopic (exact) mass is 413 g/mol. The minimum atomic E-state index is 0.0450. The van der Waals surface area contributed by atoms with Crippen LogP contribution in [0.5, 0.6) is 5.75 Å². The number of nitrogens with zero attached hydrogens (tertiary/aromatic N) is 3. The van der Waals surface area contributed by atoms with Gasteiger partial charge in [0.2, 0.25) is 0 Å². The van der Waals surface area contributed by atoms with E-state index in [1.54, 1.807) is 23.1 Å². The number of aryl methyl sites for hydroxylation is 1. The number of carbonyl (C=O) groups excluding carboxylic acids is 1. The van der Waals surface area contributed by atoms with Gasteiger partial charge in [0.15, 0.2) is 0 Å². The van der Waals surface area contributed by atoms with Crippen molar-refractivity contribution in [3.05, 3.63) is 58.4 Å². The molecule has 4 rings (SSSR count). The molecule has 7 heteroatoms. The summed E-state index contributed by atoms with van der Waals surface area (Å²) >= 11 is 3.75. The number of hydrogen-bond donors (Lipinski definition) is 0. The van der Waals surface area contributed by atoms with Crippen LogP contribution in [0, 0.1) is 0 Å². The van der Waals surface area contributed by atoms with Crippen LogP contribution < -0.4 is 4.74 Å². The second-order valence-corrected chi connectivity index (χ2v) is 8.98. The predicted molar refractivity (Wildman–Crippen MR) is 115 cm³/mol. The fourth-order valence-electron chi connectivity index (χ4n) is 3.49. The molecule has 1 unspecified atom stereocenters. The Morgan fingerprint density at radius 3 is 2.86 bits per heavy atom. The minimum Gasteiger partial charge on any atom is -0.496 e. The van der Waals surface area contributed by atoms with E-state index in [1.807, 2.05) is 54.0 Å². The molecule has 146 valence electrons. The number of thiophene rings is 1. The highest BCUT2D eigenvalue weighted by molar-refractivity contribution is 7.99. The molecule has 1 fully saturated rings. The first kappa shape index (κ1) is 19.1. The second kappa shape index (κ2) is 8.41. The normalized spacial score (nSPS) is 17.4. The maximum Gasteiger partial charge on any atom is 0.272 e. The average Bonchev–Trinajstić information content (AvgIpc) is 3.32. The molecule has 3 aromatic rings. The highest BCUT2D eigenvalue weighted by atomic mass is 32.2. The zero-order chi connectivity index (χ0) is 19.5. The Hall–Kier alpha value is -2.25. The molecule has 1 amide bonds. The fourth-order valence-corrected chi connectivity index (χ4v) is 5.73. The molecule has 0 bridgehead atoms. The van der Waals surface area contributed by atoms with Crippen molar-refractivity contribution in [2.24, 2.45) is 7.05 Å². The summed E-state index contributed by atoms with van der Waals surface area (Å²) in [6.45, 7) is 1.53. The van der Waals surface area contributed by atoms with Crippen molar-refractivity contribution in [3.63, 3.8) is 0 Å². The molecule has 28 heavy (non-hydrogen) atoms. The molecule has 0 saturated carbocycles. The molecule has 5 nitrogen and oxygen atoms in total. The molecular weight excluding hydrogens is 390 g/mol. The highest BCUT2D eigenvalue weighted by Gasteiger charge is 2.26. The summed E-state index contributed by atoms with van der Waals surface area (Å²) in [6, 6.07) is 13.9. The molecule has 1 aromatic carbocycles. The van der Waals surface area contributed by atoms with Crippen molar-refractivity contribution in [2.75, 3.05) is 26.0 Å². The summed E-state index contributed by atoms with van der Waals surface area (Å²) in [5.74, 6) is 1.75. The van der Waals surface area contributed by atoms with E-state index < -0.39 is 0 Å². The van der Waals surface area contributed by atoms with Crippen LogP contribution in [0.1, 0.15) is 27.0 Å². The summed E-state index contributed by atoms with van der Waals surface area (Å²) in [5, 5.41) is 7.17. The Bertz CT molecular complexity index is 952. The third-order valence-electron chi connectivity index (χ3n) is 4.97. The number of ether oxygens (including phenoxy) is 1. The third kappa shape index (κ3) is 3.82. The molecule has 3 heterocycles. The maximum atomic E-state index is 13.2. The molecule has 1 aliphatic heterocycles. The first-order valence-corrected chi connectivity index (χ1v) is 11.2. The first-order chi connectivity index (χ1) is 13.7. The van der Waals surface area contributed by atoms with Crippen LogP contribution in [0.15, 0.2) is 47.8 Å². The molecule has 1 saturated heterocycles. The van der Waals surface area contributed by atoms with Crippen molar-refractivity contribution in [1.29, 1.82) is 0 Å². The van der Waals surface area contributed by atoms with Gasteiger partial charge < -0.3 is 9.64 Å². The summed E-state index contributed by atoms with van der Waals surface area (Å²) in [7, 11) is 3.47. The van der Waals surface area contributed by atoms with Crippen LogP contribution in [0.3, 0.4) is 0 Å². The quantitative estimate of drug-likeness (QED) is 0.633. The van der Waals surface area contributed by atoms with Gasteiger partial charge in [-0.3, -0.25) is 9.48 Å². The zero-order valence-corrected chi connectivity index (χ0v) is 17.6. The summed E-state index contributed by atoms with van der Waals surface area (Å²) in [6.07, 6.45) is 0.980. The third-order valence-corrected chi connectivity index (χ3v) is 7.42. The zero-order valence-electron chi connectivity index (χ0n) is 16.0. The largest absolute Gasteiger partial charge is 0.496 e. The van der Waals surface area contributed by atoms with Crippen LogP contribution >= 0.6 is 23.1 Å². The Kier molecular flexibility index (Phi) is 5.73. The lowest BCUT2D eigenvalue weighted by molar-refractivity contribution is 0.0755. The number of methoxy groups -OCH3 is 1. The number of rotatable bonds is 4. The maximum absolute atomic E-state index is 13.2. The van der Waals surface area contributed by atoms with Crippen LogP contribution in [0.25, 0.3) is 11.3 Å². The smallest absolute Gasteiger partial charge is 0.272 e. The van der Waals surface area contributed by atoms with Crippen molar-refractivity contribution in [3.8, 4) is 17.0 Å². The highest BCUT2D eigenvalue weighted by Crippen LogP contribution is 2.37. The lowest BCUT2D eigenvalue weighted by Gasteiger charge is -2.20. The van der Waals surface area contributed by atoms with Gasteiger partial charge >= 0.3 is 0 Å². The van der Waals surface area contributed by atoms with Gasteiger partial charge in [-0.2, -0.15) is 16.9 Å². The van der Waals surface area contributed by atoms with E-state index >= 15 is 0 Å². The number of thioether (sulfide) groups is 1. The van der Waals surface area contributed by atoms with Crippen molar-refractivity contribution in [2.45, 2.75) is 11.7 Å². The van der Waals surface area contributed by atoms with Gasteiger partial charge in [-0.15, -0.1) is 11.3 Å². The molecule has 0 N–H and O–H groups in total. The van der Waals surface area contributed by atoms with Gasteiger partial charge in [0, 0.05) is 41.6 Å². The number of aromatic nitrogens is 2. The Labute approximate surface area is 173 Å². The van der Waals surface area contributed by atoms with Gasteiger partial charge in [-0.1, -0.05) is 18.2 Å². The number of benzene rings is 1. The van der Waals surface area contributed by atoms with Crippen LogP contribution in [-0.2, 0) is 7.05 Å². The van der Waals surface area contributed by atoms with Gasteiger partial charge in [0.25, 0.3) is 5.91 Å². The standard InChI is InChI=1S/C21H23N3O2S2/c1-23-17(14-16(22-23)15-6-3-4-7-18(15)26-2)21(25)24-10-9-20(28-13-11-24)19-8-5-12-27-19/h3-8,12,14,20H,9-11,13H2,1-2H3. The average molecular weight is 414 g/mol. The predicted octanol–water partition coefficient (Wildman–Crippen LogP) is 4.48. The van der Waals surface area contributed by atoms with Crippen LogP contribution in [0.2, 0.25) is 0 Å². The van der Waals surface area contributed by atoms with E-state index in [2.05, 4.69) is 22.6 Å². The lowest BCUT2D eigenvalue weighted by Crippen LogP contribution is -2.34.